The van der Waals surface area contributed by atoms with Gasteiger partial charge in [0.1, 0.15) is 0 Å². The van der Waals surface area contributed by atoms with E-state index in [4.69, 9.17) is 9.84 Å². The summed E-state index contributed by atoms with van der Waals surface area (Å²) >= 11 is 0. The van der Waals surface area contributed by atoms with Crippen molar-refractivity contribution in [2.75, 3.05) is 44.4 Å². The zero-order valence-corrected chi connectivity index (χ0v) is 12.3. The summed E-state index contributed by atoms with van der Waals surface area (Å²) in [4.78, 5) is 14.1. The molecular formula is C15H24N2O3. The molecular weight excluding hydrogens is 256 g/mol. The lowest BCUT2D eigenvalue weighted by molar-refractivity contribution is 0.0838. The van der Waals surface area contributed by atoms with E-state index < -0.39 is 0 Å². The maximum Gasteiger partial charge on any atom is 0.251 e. The lowest BCUT2D eigenvalue weighted by atomic mass is 10.2. The van der Waals surface area contributed by atoms with E-state index in [2.05, 4.69) is 24.1 Å². The van der Waals surface area contributed by atoms with Crippen LogP contribution >= 0.6 is 0 Å². The van der Waals surface area contributed by atoms with Crippen LogP contribution in [-0.2, 0) is 4.74 Å². The van der Waals surface area contributed by atoms with E-state index in [9.17, 15) is 4.79 Å². The second-order valence-corrected chi connectivity index (χ2v) is 4.31. The summed E-state index contributed by atoms with van der Waals surface area (Å²) in [5.74, 6) is -0.108. The van der Waals surface area contributed by atoms with Gasteiger partial charge in [-0.05, 0) is 38.1 Å². The SMILES string of the molecule is CCN(CC)c1ccc(C(=O)NCCOCCO)cc1. The minimum atomic E-state index is -0.108. The first kappa shape index (κ1) is 16.5. The Balaban J connectivity index is 2.45. The van der Waals surface area contributed by atoms with Gasteiger partial charge in [0.15, 0.2) is 0 Å². The Bertz CT molecular complexity index is 389. The van der Waals surface area contributed by atoms with Crippen LogP contribution < -0.4 is 10.2 Å². The quantitative estimate of drug-likeness (QED) is 0.669. The summed E-state index contributed by atoms with van der Waals surface area (Å²) in [7, 11) is 0. The predicted octanol–water partition coefficient (Wildman–Crippen LogP) is 1.27. The first-order valence-corrected chi connectivity index (χ1v) is 7.04. The van der Waals surface area contributed by atoms with Gasteiger partial charge in [-0.1, -0.05) is 0 Å². The zero-order chi connectivity index (χ0) is 14.8. The molecule has 0 aliphatic carbocycles. The third kappa shape index (κ3) is 5.19. The van der Waals surface area contributed by atoms with E-state index in [1.807, 2.05) is 24.3 Å². The average Bonchev–Trinajstić information content (AvgIpc) is 2.49. The molecule has 0 bridgehead atoms. The van der Waals surface area contributed by atoms with Crippen molar-refractivity contribution in [2.45, 2.75) is 13.8 Å². The number of aliphatic hydroxyl groups is 1. The van der Waals surface area contributed by atoms with Crippen molar-refractivity contribution in [3.05, 3.63) is 29.8 Å². The Kier molecular flexibility index (Phi) is 7.69. The van der Waals surface area contributed by atoms with Crippen LogP contribution in [0.3, 0.4) is 0 Å². The van der Waals surface area contributed by atoms with Gasteiger partial charge < -0.3 is 20.1 Å². The Morgan fingerprint density at radius 1 is 1.20 bits per heavy atom. The molecule has 0 saturated heterocycles. The van der Waals surface area contributed by atoms with Crippen molar-refractivity contribution < 1.29 is 14.6 Å². The molecule has 2 N–H and O–H groups in total. The highest BCUT2D eigenvalue weighted by molar-refractivity contribution is 5.94. The second kappa shape index (κ2) is 9.34. The molecule has 0 atom stereocenters. The molecule has 1 rings (SSSR count). The summed E-state index contributed by atoms with van der Waals surface area (Å²) in [5.41, 5.74) is 1.76. The van der Waals surface area contributed by atoms with Crippen LogP contribution in [-0.4, -0.2) is 50.5 Å². The van der Waals surface area contributed by atoms with Crippen LogP contribution in [0, 0.1) is 0 Å². The van der Waals surface area contributed by atoms with E-state index in [-0.39, 0.29) is 12.5 Å². The van der Waals surface area contributed by atoms with Gasteiger partial charge in [-0.15, -0.1) is 0 Å². The molecule has 0 unspecified atom stereocenters. The minimum absolute atomic E-state index is 0.000760. The van der Waals surface area contributed by atoms with Crippen molar-refractivity contribution in [1.29, 1.82) is 0 Å². The van der Waals surface area contributed by atoms with Crippen molar-refractivity contribution in [3.8, 4) is 0 Å². The summed E-state index contributed by atoms with van der Waals surface area (Å²) < 4.78 is 5.08. The molecule has 1 aromatic carbocycles. The number of ether oxygens (including phenoxy) is 1. The van der Waals surface area contributed by atoms with Crippen LogP contribution in [0.15, 0.2) is 24.3 Å². The zero-order valence-electron chi connectivity index (χ0n) is 12.3. The van der Waals surface area contributed by atoms with E-state index in [1.54, 1.807) is 0 Å². The Morgan fingerprint density at radius 3 is 2.40 bits per heavy atom. The molecule has 20 heavy (non-hydrogen) atoms. The van der Waals surface area contributed by atoms with E-state index in [1.165, 1.54) is 0 Å². The highest BCUT2D eigenvalue weighted by Gasteiger charge is 2.06. The molecule has 1 amide bonds. The molecule has 0 heterocycles. The monoisotopic (exact) mass is 280 g/mol. The molecule has 0 saturated carbocycles. The molecule has 0 aromatic heterocycles. The van der Waals surface area contributed by atoms with Gasteiger partial charge in [-0.3, -0.25) is 4.79 Å². The number of carbonyl (C=O) groups excluding carboxylic acids is 1. The van der Waals surface area contributed by atoms with Gasteiger partial charge in [0.25, 0.3) is 5.91 Å². The number of amides is 1. The number of nitrogens with zero attached hydrogens (tertiary/aromatic N) is 1. The first-order chi connectivity index (χ1) is 9.72. The Morgan fingerprint density at radius 2 is 1.85 bits per heavy atom. The molecule has 1 aromatic rings. The van der Waals surface area contributed by atoms with Crippen LogP contribution in [0.1, 0.15) is 24.2 Å². The number of hydrogen-bond acceptors (Lipinski definition) is 4. The number of aliphatic hydroxyl groups excluding tert-OH is 1. The highest BCUT2D eigenvalue weighted by Crippen LogP contribution is 2.14. The van der Waals surface area contributed by atoms with E-state index in [0.717, 1.165) is 18.8 Å². The lowest BCUT2D eigenvalue weighted by Gasteiger charge is -2.21. The topological polar surface area (TPSA) is 61.8 Å². The van der Waals surface area contributed by atoms with E-state index >= 15 is 0 Å². The summed E-state index contributed by atoms with van der Waals surface area (Å²) in [6.45, 7) is 7.26. The number of rotatable bonds is 9. The van der Waals surface area contributed by atoms with Crippen LogP contribution in [0.2, 0.25) is 0 Å². The number of carbonyl (C=O) groups is 1. The van der Waals surface area contributed by atoms with Gasteiger partial charge >= 0.3 is 0 Å². The van der Waals surface area contributed by atoms with Crippen molar-refractivity contribution in [1.82, 2.24) is 5.32 Å². The van der Waals surface area contributed by atoms with Crippen molar-refractivity contribution in [2.24, 2.45) is 0 Å². The fourth-order valence-corrected chi connectivity index (χ4v) is 1.92. The van der Waals surface area contributed by atoms with Crippen molar-refractivity contribution in [3.63, 3.8) is 0 Å². The fourth-order valence-electron chi connectivity index (χ4n) is 1.92. The number of nitrogens with one attached hydrogen (secondary N) is 1. The smallest absolute Gasteiger partial charge is 0.251 e. The predicted molar refractivity (Wildman–Crippen MR) is 80.2 cm³/mol. The summed E-state index contributed by atoms with van der Waals surface area (Å²) in [5, 5.41) is 11.3. The lowest BCUT2D eigenvalue weighted by Crippen LogP contribution is -2.27. The Hall–Kier alpha value is -1.59. The fraction of sp³-hybridized carbons (Fsp3) is 0.533. The minimum Gasteiger partial charge on any atom is -0.394 e. The molecule has 0 spiro atoms. The van der Waals surface area contributed by atoms with Gasteiger partial charge in [-0.2, -0.15) is 0 Å². The van der Waals surface area contributed by atoms with Gasteiger partial charge in [0, 0.05) is 30.9 Å². The standard InChI is InChI=1S/C15H24N2O3/c1-3-17(4-2)14-7-5-13(6-8-14)15(19)16-9-11-20-12-10-18/h5-8,18H,3-4,9-12H2,1-2H3,(H,16,19). The van der Waals surface area contributed by atoms with Gasteiger partial charge in [0.05, 0.1) is 19.8 Å². The molecule has 5 nitrogen and oxygen atoms in total. The molecule has 5 heteroatoms. The molecule has 0 fully saturated rings. The normalized spacial score (nSPS) is 10.3. The highest BCUT2D eigenvalue weighted by atomic mass is 16.5. The van der Waals surface area contributed by atoms with Gasteiger partial charge in [-0.25, -0.2) is 0 Å². The third-order valence-electron chi connectivity index (χ3n) is 3.03. The number of benzene rings is 1. The summed E-state index contributed by atoms with van der Waals surface area (Å²) in [6.07, 6.45) is 0. The molecule has 112 valence electrons. The van der Waals surface area contributed by atoms with Crippen molar-refractivity contribution >= 4 is 11.6 Å². The maximum atomic E-state index is 11.9. The van der Waals surface area contributed by atoms with E-state index in [0.29, 0.717) is 25.3 Å². The Labute approximate surface area is 120 Å². The maximum absolute atomic E-state index is 11.9. The summed E-state index contributed by atoms with van der Waals surface area (Å²) in [6, 6.07) is 7.59. The number of anilines is 1. The van der Waals surface area contributed by atoms with Crippen LogP contribution in [0.25, 0.3) is 0 Å². The number of hydrogen-bond donors (Lipinski definition) is 2. The molecule has 0 aliphatic heterocycles. The molecule has 0 aliphatic rings. The second-order valence-electron chi connectivity index (χ2n) is 4.31. The third-order valence-corrected chi connectivity index (χ3v) is 3.03. The largest absolute Gasteiger partial charge is 0.394 e. The molecule has 0 radical (unpaired) electrons. The van der Waals surface area contributed by atoms with Gasteiger partial charge in [0.2, 0.25) is 0 Å². The average molecular weight is 280 g/mol. The first-order valence-electron chi connectivity index (χ1n) is 7.04. The van der Waals surface area contributed by atoms with Crippen LogP contribution in [0.5, 0.6) is 0 Å². The van der Waals surface area contributed by atoms with Crippen LogP contribution in [0.4, 0.5) is 5.69 Å².